The number of nitrogens with zero attached hydrogens (tertiary/aromatic N) is 2. The van der Waals surface area contributed by atoms with Gasteiger partial charge in [0.2, 0.25) is 5.91 Å². The number of alkyl halides is 3. The zero-order chi connectivity index (χ0) is 27.5. The molecule has 0 saturated carbocycles. The number of benzene rings is 2. The van der Waals surface area contributed by atoms with E-state index in [9.17, 15) is 22.8 Å². The van der Waals surface area contributed by atoms with Gasteiger partial charge in [-0.1, -0.05) is 30.3 Å². The fourth-order valence-corrected chi connectivity index (χ4v) is 4.66. The molecule has 0 saturated heterocycles. The zero-order valence-electron chi connectivity index (χ0n) is 21.5. The molecule has 204 valence electrons. The van der Waals surface area contributed by atoms with Gasteiger partial charge in [-0.05, 0) is 62.2 Å². The van der Waals surface area contributed by atoms with Crippen LogP contribution in [0, 0.1) is 6.92 Å². The summed E-state index contributed by atoms with van der Waals surface area (Å²) in [5.74, 6) is -0.237. The highest BCUT2D eigenvalue weighted by atomic mass is 32.1. The summed E-state index contributed by atoms with van der Waals surface area (Å²) in [4.78, 5) is 31.9. The SMILES string of the molecule is CCOCCCN(CC(=O)N(Cc1ccccc1)Cc1ccc(C)s1)C(=O)Nc1ccc(C(F)(F)F)cc1. The molecule has 2 aromatic carbocycles. The summed E-state index contributed by atoms with van der Waals surface area (Å²) >= 11 is 1.61. The maximum Gasteiger partial charge on any atom is 0.416 e. The van der Waals surface area contributed by atoms with E-state index in [2.05, 4.69) is 5.32 Å². The molecule has 0 aliphatic heterocycles. The molecule has 10 heteroatoms. The van der Waals surface area contributed by atoms with Gasteiger partial charge < -0.3 is 19.9 Å². The van der Waals surface area contributed by atoms with Crippen molar-refractivity contribution < 1.29 is 27.5 Å². The molecular weight excluding hydrogens is 515 g/mol. The van der Waals surface area contributed by atoms with Gasteiger partial charge in [-0.3, -0.25) is 4.79 Å². The molecule has 1 N–H and O–H groups in total. The van der Waals surface area contributed by atoms with Gasteiger partial charge in [0.15, 0.2) is 0 Å². The zero-order valence-corrected chi connectivity index (χ0v) is 22.3. The number of nitrogens with one attached hydrogen (secondary N) is 1. The maximum atomic E-state index is 13.5. The minimum absolute atomic E-state index is 0.185. The highest BCUT2D eigenvalue weighted by molar-refractivity contribution is 7.11. The summed E-state index contributed by atoms with van der Waals surface area (Å²) < 4.78 is 44.1. The largest absolute Gasteiger partial charge is 0.416 e. The number of ether oxygens (including phenoxy) is 1. The Hall–Kier alpha value is -3.37. The molecule has 3 aromatic rings. The predicted molar refractivity (Wildman–Crippen MR) is 143 cm³/mol. The third-order valence-corrected chi connectivity index (χ3v) is 6.69. The van der Waals surface area contributed by atoms with Crippen LogP contribution in [-0.2, 0) is 28.8 Å². The smallest absolute Gasteiger partial charge is 0.382 e. The second-order valence-corrected chi connectivity index (χ2v) is 10.1. The monoisotopic (exact) mass is 547 g/mol. The summed E-state index contributed by atoms with van der Waals surface area (Å²) in [6.45, 7) is 5.66. The number of carbonyl (C=O) groups excluding carboxylic acids is 2. The van der Waals surface area contributed by atoms with E-state index in [-0.39, 0.29) is 24.7 Å². The number of rotatable bonds is 12. The van der Waals surface area contributed by atoms with Crippen LogP contribution >= 0.6 is 11.3 Å². The lowest BCUT2D eigenvalue weighted by molar-refractivity contribution is -0.137. The second kappa shape index (κ2) is 14.0. The van der Waals surface area contributed by atoms with E-state index >= 15 is 0 Å². The van der Waals surface area contributed by atoms with Crippen molar-refractivity contribution >= 4 is 29.0 Å². The Morgan fingerprint density at radius 2 is 1.66 bits per heavy atom. The van der Waals surface area contributed by atoms with Crippen LogP contribution in [0.15, 0.2) is 66.7 Å². The Bertz CT molecular complexity index is 1170. The molecule has 0 aliphatic carbocycles. The number of hydrogen-bond donors (Lipinski definition) is 1. The van der Waals surface area contributed by atoms with E-state index in [1.165, 1.54) is 17.0 Å². The quantitative estimate of drug-likeness (QED) is 0.261. The first-order valence-electron chi connectivity index (χ1n) is 12.3. The Morgan fingerprint density at radius 3 is 2.26 bits per heavy atom. The molecule has 0 atom stereocenters. The van der Waals surface area contributed by atoms with Crippen LogP contribution in [0.4, 0.5) is 23.7 Å². The molecule has 0 bridgehead atoms. The topological polar surface area (TPSA) is 61.9 Å². The first-order chi connectivity index (χ1) is 18.2. The summed E-state index contributed by atoms with van der Waals surface area (Å²) in [5, 5.41) is 2.62. The highest BCUT2D eigenvalue weighted by Crippen LogP contribution is 2.30. The lowest BCUT2D eigenvalue weighted by atomic mass is 10.2. The van der Waals surface area contributed by atoms with Gasteiger partial charge in [0.05, 0.1) is 12.1 Å². The molecule has 0 fully saturated rings. The Morgan fingerprint density at radius 1 is 0.947 bits per heavy atom. The molecule has 0 unspecified atom stereocenters. The van der Waals surface area contributed by atoms with Gasteiger partial charge >= 0.3 is 12.2 Å². The predicted octanol–water partition coefficient (Wildman–Crippen LogP) is 6.56. The van der Waals surface area contributed by atoms with Crippen molar-refractivity contribution in [2.45, 2.75) is 39.5 Å². The van der Waals surface area contributed by atoms with Gasteiger partial charge in [0, 0.05) is 41.7 Å². The summed E-state index contributed by atoms with van der Waals surface area (Å²) in [5.41, 5.74) is 0.367. The fourth-order valence-electron chi connectivity index (χ4n) is 3.76. The molecular formula is C28H32F3N3O3S. The number of urea groups is 1. The van der Waals surface area contributed by atoms with Crippen molar-refractivity contribution in [3.8, 4) is 0 Å². The van der Waals surface area contributed by atoms with Crippen molar-refractivity contribution in [3.63, 3.8) is 0 Å². The average Bonchev–Trinajstić information content (AvgIpc) is 3.30. The highest BCUT2D eigenvalue weighted by Gasteiger charge is 2.30. The minimum atomic E-state index is -4.47. The molecule has 6 nitrogen and oxygen atoms in total. The van der Waals surface area contributed by atoms with E-state index in [1.54, 1.807) is 16.2 Å². The van der Waals surface area contributed by atoms with Crippen LogP contribution in [0.25, 0.3) is 0 Å². The normalized spacial score (nSPS) is 11.3. The molecule has 3 amide bonds. The molecule has 3 rings (SSSR count). The van der Waals surface area contributed by atoms with Gasteiger partial charge in [-0.25, -0.2) is 4.79 Å². The lowest BCUT2D eigenvalue weighted by Crippen LogP contribution is -2.44. The maximum absolute atomic E-state index is 13.5. The van der Waals surface area contributed by atoms with Crippen LogP contribution in [-0.4, -0.2) is 48.0 Å². The van der Waals surface area contributed by atoms with Gasteiger partial charge in [-0.15, -0.1) is 11.3 Å². The Labute approximate surface area is 225 Å². The first-order valence-corrected chi connectivity index (χ1v) is 13.1. The molecule has 1 heterocycles. The van der Waals surface area contributed by atoms with Crippen LogP contribution in [0.1, 0.15) is 34.2 Å². The Balaban J connectivity index is 1.75. The number of carbonyl (C=O) groups is 2. The number of thiophene rings is 1. The number of halogens is 3. The summed E-state index contributed by atoms with van der Waals surface area (Å²) in [6.07, 6.45) is -3.96. The molecule has 38 heavy (non-hydrogen) atoms. The molecule has 1 aromatic heterocycles. The van der Waals surface area contributed by atoms with Crippen LogP contribution in [0.5, 0.6) is 0 Å². The van der Waals surface area contributed by atoms with Crippen LogP contribution < -0.4 is 5.32 Å². The number of anilines is 1. The fraction of sp³-hybridized carbons (Fsp3) is 0.357. The third kappa shape index (κ3) is 9.18. The van der Waals surface area contributed by atoms with Gasteiger partial charge in [0.25, 0.3) is 0 Å². The van der Waals surface area contributed by atoms with E-state index in [1.807, 2.05) is 56.3 Å². The van der Waals surface area contributed by atoms with Gasteiger partial charge in [0.1, 0.15) is 6.54 Å². The standard InChI is InChI=1S/C28H32F3N3O3S/c1-3-37-17-7-16-33(27(36)32-24-13-11-23(12-14-24)28(29,30)31)20-26(35)34(18-22-8-5-4-6-9-22)19-25-15-10-21(2)38-25/h4-6,8-15H,3,7,16-20H2,1-2H3,(H,32,36). The van der Waals surface area contributed by atoms with Crippen molar-refractivity contribution in [2.24, 2.45) is 0 Å². The minimum Gasteiger partial charge on any atom is -0.382 e. The lowest BCUT2D eigenvalue weighted by Gasteiger charge is -2.28. The van der Waals surface area contributed by atoms with Crippen molar-refractivity contribution in [2.75, 3.05) is 31.6 Å². The summed E-state index contributed by atoms with van der Waals surface area (Å²) in [7, 11) is 0. The van der Waals surface area contributed by atoms with E-state index < -0.39 is 17.8 Å². The van der Waals surface area contributed by atoms with Crippen molar-refractivity contribution in [3.05, 3.63) is 87.6 Å². The van der Waals surface area contributed by atoms with Crippen molar-refractivity contribution in [1.82, 2.24) is 9.80 Å². The van der Waals surface area contributed by atoms with E-state index in [4.69, 9.17) is 4.74 Å². The van der Waals surface area contributed by atoms with E-state index in [0.717, 1.165) is 27.5 Å². The molecule has 0 aliphatic rings. The second-order valence-electron chi connectivity index (χ2n) is 8.73. The van der Waals surface area contributed by atoms with Crippen LogP contribution in [0.3, 0.4) is 0 Å². The van der Waals surface area contributed by atoms with Crippen LogP contribution in [0.2, 0.25) is 0 Å². The van der Waals surface area contributed by atoms with E-state index in [0.29, 0.717) is 32.7 Å². The summed E-state index contributed by atoms with van der Waals surface area (Å²) in [6, 6.07) is 17.2. The third-order valence-electron chi connectivity index (χ3n) is 5.71. The first kappa shape index (κ1) is 29.2. The number of amides is 3. The van der Waals surface area contributed by atoms with Crippen molar-refractivity contribution in [1.29, 1.82) is 0 Å². The number of aryl methyl sites for hydroxylation is 1. The molecule has 0 radical (unpaired) electrons. The Kier molecular flexibility index (Phi) is 10.7. The number of hydrogen-bond acceptors (Lipinski definition) is 4. The van der Waals surface area contributed by atoms with Gasteiger partial charge in [-0.2, -0.15) is 13.2 Å². The molecule has 0 spiro atoms. The average molecular weight is 548 g/mol.